The zero-order valence-electron chi connectivity index (χ0n) is 7.44. The molecule has 72 valence electrons. The molecule has 5 nitrogen and oxygen atoms in total. The van der Waals surface area contributed by atoms with E-state index in [1.54, 1.807) is 6.07 Å². The molecule has 2 rings (SSSR count). The van der Waals surface area contributed by atoms with Crippen LogP contribution in [0.25, 0.3) is 11.5 Å². The summed E-state index contributed by atoms with van der Waals surface area (Å²) < 4.78 is 5.16. The Balaban J connectivity index is 2.57. The molecular weight excluding hydrogens is 184 g/mol. The van der Waals surface area contributed by atoms with E-state index in [0.29, 0.717) is 11.5 Å². The minimum absolute atomic E-state index is 0.114. The number of carboxylic acids is 1. The maximum Gasteiger partial charge on any atom is 0.339 e. The van der Waals surface area contributed by atoms with Crippen molar-refractivity contribution in [1.29, 1.82) is 0 Å². The molecule has 2 heterocycles. The van der Waals surface area contributed by atoms with Gasteiger partial charge < -0.3 is 9.52 Å². The minimum Gasteiger partial charge on any atom is -0.478 e. The third-order valence-corrected chi connectivity index (χ3v) is 1.96. The van der Waals surface area contributed by atoms with E-state index in [1.165, 1.54) is 12.5 Å². The summed E-state index contributed by atoms with van der Waals surface area (Å²) in [6, 6.07) is 1.77. The predicted molar refractivity (Wildman–Crippen MR) is 48.0 cm³/mol. The highest BCUT2D eigenvalue weighted by atomic mass is 16.4. The number of H-pyrrole nitrogens is 1. The van der Waals surface area contributed by atoms with Crippen LogP contribution in [0, 0.1) is 6.92 Å². The van der Waals surface area contributed by atoms with Gasteiger partial charge in [0, 0.05) is 0 Å². The highest BCUT2D eigenvalue weighted by Gasteiger charge is 2.17. The van der Waals surface area contributed by atoms with E-state index in [9.17, 15) is 4.79 Å². The van der Waals surface area contributed by atoms with Gasteiger partial charge in [-0.15, -0.1) is 0 Å². The van der Waals surface area contributed by atoms with Crippen LogP contribution in [0.4, 0.5) is 0 Å². The van der Waals surface area contributed by atoms with Gasteiger partial charge in [-0.2, -0.15) is 5.10 Å². The lowest BCUT2D eigenvalue weighted by atomic mass is 10.1. The number of aromatic amines is 1. The molecule has 0 spiro atoms. The fourth-order valence-electron chi connectivity index (χ4n) is 1.25. The molecule has 0 saturated heterocycles. The topological polar surface area (TPSA) is 79.1 Å². The molecule has 0 aliphatic carbocycles. The smallest absolute Gasteiger partial charge is 0.339 e. The van der Waals surface area contributed by atoms with Crippen LogP contribution in [0.15, 0.2) is 22.9 Å². The first-order chi connectivity index (χ1) is 6.70. The Bertz CT molecular complexity index is 470. The van der Waals surface area contributed by atoms with Gasteiger partial charge >= 0.3 is 5.97 Å². The summed E-state index contributed by atoms with van der Waals surface area (Å²) in [5.41, 5.74) is 1.39. The Morgan fingerprint density at radius 3 is 3.00 bits per heavy atom. The van der Waals surface area contributed by atoms with E-state index >= 15 is 0 Å². The van der Waals surface area contributed by atoms with Crippen molar-refractivity contribution >= 4 is 5.97 Å². The lowest BCUT2D eigenvalue weighted by Crippen LogP contribution is -1.96. The number of nitrogens with zero attached hydrogens (tertiary/aromatic N) is 1. The van der Waals surface area contributed by atoms with Crippen LogP contribution in [0.5, 0.6) is 0 Å². The van der Waals surface area contributed by atoms with Gasteiger partial charge in [0.25, 0.3) is 0 Å². The number of carbonyl (C=O) groups is 1. The van der Waals surface area contributed by atoms with Gasteiger partial charge in [0.15, 0.2) is 5.76 Å². The van der Waals surface area contributed by atoms with Crippen molar-refractivity contribution in [3.05, 3.63) is 29.7 Å². The molecule has 0 bridgehead atoms. The number of hydrogen-bond donors (Lipinski definition) is 2. The largest absolute Gasteiger partial charge is 0.478 e. The Hall–Kier alpha value is -2.04. The molecule has 0 aromatic carbocycles. The molecule has 0 unspecified atom stereocenters. The van der Waals surface area contributed by atoms with Crippen molar-refractivity contribution < 1.29 is 14.3 Å². The number of hydrogen-bond acceptors (Lipinski definition) is 3. The quantitative estimate of drug-likeness (QED) is 0.758. The summed E-state index contributed by atoms with van der Waals surface area (Å²) in [5, 5.41) is 15.1. The van der Waals surface area contributed by atoms with Crippen molar-refractivity contribution in [2.24, 2.45) is 0 Å². The molecular formula is C9H8N2O3. The predicted octanol–water partition coefficient (Wildman–Crippen LogP) is 1.68. The van der Waals surface area contributed by atoms with Crippen LogP contribution in [0.1, 0.15) is 15.9 Å². The van der Waals surface area contributed by atoms with Gasteiger partial charge in [-0.05, 0) is 18.6 Å². The van der Waals surface area contributed by atoms with Crippen LogP contribution < -0.4 is 0 Å². The average molecular weight is 192 g/mol. The Morgan fingerprint density at radius 1 is 1.64 bits per heavy atom. The molecule has 0 aliphatic rings. The maximum absolute atomic E-state index is 10.8. The van der Waals surface area contributed by atoms with E-state index < -0.39 is 5.97 Å². The molecule has 5 heteroatoms. The van der Waals surface area contributed by atoms with Crippen molar-refractivity contribution in [1.82, 2.24) is 10.2 Å². The number of rotatable bonds is 2. The minimum atomic E-state index is -1.02. The monoisotopic (exact) mass is 192 g/mol. The summed E-state index contributed by atoms with van der Waals surface area (Å²) in [5.74, 6) is -0.510. The second-order valence-corrected chi connectivity index (χ2v) is 2.90. The van der Waals surface area contributed by atoms with Crippen LogP contribution in [-0.2, 0) is 0 Å². The lowest BCUT2D eigenvalue weighted by molar-refractivity contribution is 0.0697. The SMILES string of the molecule is Cc1ccoc1-c1[nH]ncc1C(=O)O. The third-order valence-electron chi connectivity index (χ3n) is 1.96. The fraction of sp³-hybridized carbons (Fsp3) is 0.111. The standard InChI is InChI=1S/C9H8N2O3/c1-5-2-3-14-8(5)7-6(9(12)13)4-10-11-7/h2-4H,1H3,(H,10,11)(H,12,13). The number of aromatic carboxylic acids is 1. The second kappa shape index (κ2) is 3.02. The van der Waals surface area contributed by atoms with Gasteiger partial charge in [0.05, 0.1) is 12.5 Å². The van der Waals surface area contributed by atoms with Gasteiger partial charge in [0.1, 0.15) is 11.3 Å². The molecule has 0 saturated carbocycles. The number of furan rings is 1. The van der Waals surface area contributed by atoms with Crippen molar-refractivity contribution in [2.75, 3.05) is 0 Å². The van der Waals surface area contributed by atoms with Crippen LogP contribution in [-0.4, -0.2) is 21.3 Å². The summed E-state index contributed by atoms with van der Waals surface area (Å²) in [7, 11) is 0. The first kappa shape index (κ1) is 8.55. The van der Waals surface area contributed by atoms with Crippen LogP contribution >= 0.6 is 0 Å². The zero-order chi connectivity index (χ0) is 10.1. The van der Waals surface area contributed by atoms with E-state index in [1.807, 2.05) is 6.92 Å². The third kappa shape index (κ3) is 1.19. The molecule has 0 aliphatic heterocycles. The number of nitrogens with one attached hydrogen (secondary N) is 1. The average Bonchev–Trinajstić information content (AvgIpc) is 2.70. The van der Waals surface area contributed by atoms with Gasteiger partial charge in [-0.3, -0.25) is 5.10 Å². The van der Waals surface area contributed by atoms with Gasteiger partial charge in [-0.1, -0.05) is 0 Å². The van der Waals surface area contributed by atoms with E-state index in [4.69, 9.17) is 9.52 Å². The first-order valence-corrected chi connectivity index (χ1v) is 4.01. The molecule has 0 atom stereocenters. The molecule has 0 radical (unpaired) electrons. The number of aromatic nitrogens is 2. The number of aryl methyl sites for hydroxylation is 1. The highest BCUT2D eigenvalue weighted by Crippen LogP contribution is 2.25. The molecule has 0 amide bonds. The Morgan fingerprint density at radius 2 is 2.43 bits per heavy atom. The van der Waals surface area contributed by atoms with E-state index in [0.717, 1.165) is 5.56 Å². The number of carboxylic acid groups (broad SMARTS) is 1. The van der Waals surface area contributed by atoms with Crippen molar-refractivity contribution in [2.45, 2.75) is 6.92 Å². The summed E-state index contributed by atoms with van der Waals surface area (Å²) >= 11 is 0. The zero-order valence-corrected chi connectivity index (χ0v) is 7.44. The van der Waals surface area contributed by atoms with Crippen LogP contribution in [0.3, 0.4) is 0 Å². The second-order valence-electron chi connectivity index (χ2n) is 2.90. The Kier molecular flexibility index (Phi) is 1.85. The normalized spacial score (nSPS) is 10.4. The Labute approximate surface area is 79.4 Å². The fourth-order valence-corrected chi connectivity index (χ4v) is 1.25. The summed E-state index contributed by atoms with van der Waals surface area (Å²) in [4.78, 5) is 10.8. The van der Waals surface area contributed by atoms with Gasteiger partial charge in [0.2, 0.25) is 0 Å². The first-order valence-electron chi connectivity index (χ1n) is 4.01. The highest BCUT2D eigenvalue weighted by molar-refractivity contribution is 5.94. The van der Waals surface area contributed by atoms with Crippen LogP contribution in [0.2, 0.25) is 0 Å². The molecule has 2 N–H and O–H groups in total. The van der Waals surface area contributed by atoms with E-state index in [2.05, 4.69) is 10.2 Å². The molecule has 0 fully saturated rings. The van der Waals surface area contributed by atoms with Gasteiger partial charge in [-0.25, -0.2) is 4.79 Å². The lowest BCUT2D eigenvalue weighted by Gasteiger charge is -1.95. The molecule has 14 heavy (non-hydrogen) atoms. The van der Waals surface area contributed by atoms with Crippen molar-refractivity contribution in [3.8, 4) is 11.5 Å². The summed E-state index contributed by atoms with van der Waals surface area (Å²) in [6.07, 6.45) is 2.77. The van der Waals surface area contributed by atoms with Crippen molar-refractivity contribution in [3.63, 3.8) is 0 Å². The maximum atomic E-state index is 10.8. The molecule has 2 aromatic rings. The van der Waals surface area contributed by atoms with E-state index in [-0.39, 0.29) is 5.56 Å². The molecule has 2 aromatic heterocycles. The summed E-state index contributed by atoms with van der Waals surface area (Å²) in [6.45, 7) is 1.84.